The van der Waals surface area contributed by atoms with Gasteiger partial charge in [0.2, 0.25) is 0 Å². The Morgan fingerprint density at radius 1 is 1.21 bits per heavy atom. The first kappa shape index (κ1) is 28.3. The van der Waals surface area contributed by atoms with Gasteiger partial charge in [0.05, 0.1) is 35.2 Å². The van der Waals surface area contributed by atoms with E-state index in [0.717, 1.165) is 47.3 Å². The summed E-state index contributed by atoms with van der Waals surface area (Å²) in [5, 5.41) is 17.1. The zero-order valence-corrected chi connectivity index (χ0v) is 24.0. The lowest BCUT2D eigenvalue weighted by molar-refractivity contribution is -0.117. The van der Waals surface area contributed by atoms with Gasteiger partial charge in [-0.15, -0.1) is 0 Å². The Kier molecular flexibility index (Phi) is 9.34. The molecule has 0 radical (unpaired) electrons. The van der Waals surface area contributed by atoms with Crippen molar-refractivity contribution >= 4 is 21.7 Å². The fourth-order valence-corrected chi connectivity index (χ4v) is 6.03. The summed E-state index contributed by atoms with van der Waals surface area (Å²) in [4.78, 5) is 16.3. The van der Waals surface area contributed by atoms with E-state index in [0.29, 0.717) is 46.1 Å². The molecule has 2 unspecified atom stereocenters. The minimum Gasteiger partial charge on any atom is -0.490 e. The summed E-state index contributed by atoms with van der Waals surface area (Å²) >= 11 is 3.67. The molecule has 39 heavy (non-hydrogen) atoms. The highest BCUT2D eigenvalue weighted by molar-refractivity contribution is 9.10. The number of Topliss-reactive ketones (excluding diaryl/α,β-unsaturated/α-hetero) is 1. The van der Waals surface area contributed by atoms with Crippen LogP contribution in [-0.2, 0) is 17.9 Å². The Bertz CT molecular complexity index is 1420. The molecule has 1 N–H and O–H groups in total. The van der Waals surface area contributed by atoms with Crippen LogP contribution in [0.5, 0.6) is 11.5 Å². The largest absolute Gasteiger partial charge is 0.490 e. The smallest absolute Gasteiger partial charge is 0.175 e. The fraction of sp³-hybridized carbons (Fsp3) is 0.400. The minimum atomic E-state index is -0.469. The van der Waals surface area contributed by atoms with E-state index < -0.39 is 5.92 Å². The van der Waals surface area contributed by atoms with Crippen LogP contribution in [0.25, 0.3) is 10.4 Å². The number of carbonyl (C=O) groups is 1. The van der Waals surface area contributed by atoms with Crippen LogP contribution in [0, 0.1) is 17.2 Å². The lowest BCUT2D eigenvalue weighted by Gasteiger charge is -2.35. The summed E-state index contributed by atoms with van der Waals surface area (Å²) in [6, 6.07) is 13.8. The maximum absolute atomic E-state index is 13.5. The average molecular weight is 591 g/mol. The Morgan fingerprint density at radius 2 is 2.00 bits per heavy atom. The molecule has 1 aliphatic carbocycles. The molecule has 2 atom stereocenters. The van der Waals surface area contributed by atoms with Gasteiger partial charge in [-0.05, 0) is 82.9 Å². The van der Waals surface area contributed by atoms with E-state index in [9.17, 15) is 10.1 Å². The van der Waals surface area contributed by atoms with Crippen LogP contribution >= 0.6 is 15.9 Å². The quantitative estimate of drug-likeness (QED) is 0.172. The van der Waals surface area contributed by atoms with Gasteiger partial charge in [-0.2, -0.15) is 5.26 Å². The van der Waals surface area contributed by atoms with Gasteiger partial charge < -0.3 is 14.8 Å². The third-order valence-corrected chi connectivity index (χ3v) is 7.67. The Hall–Kier alpha value is -3.73. The Morgan fingerprint density at radius 3 is 2.72 bits per heavy atom. The highest BCUT2D eigenvalue weighted by Gasteiger charge is 2.39. The minimum absolute atomic E-state index is 0.0995. The van der Waals surface area contributed by atoms with Crippen molar-refractivity contribution in [2.75, 3.05) is 6.61 Å². The molecule has 2 aliphatic rings. The van der Waals surface area contributed by atoms with E-state index in [1.807, 2.05) is 50.2 Å². The number of allylic oxidation sites excluding steroid dienone is 4. The van der Waals surface area contributed by atoms with Gasteiger partial charge in [0.1, 0.15) is 6.61 Å². The number of nitrogens with zero attached hydrogens (tertiary/aromatic N) is 4. The number of dihydropyridines is 1. The molecule has 4 rings (SSSR count). The van der Waals surface area contributed by atoms with Crippen LogP contribution < -0.4 is 14.8 Å². The van der Waals surface area contributed by atoms with Gasteiger partial charge in [0.25, 0.3) is 0 Å². The van der Waals surface area contributed by atoms with Crippen LogP contribution in [0.15, 0.2) is 68.5 Å². The number of nitriles is 1. The average Bonchev–Trinajstić information content (AvgIpc) is 2.91. The second kappa shape index (κ2) is 12.9. The number of ether oxygens (including phenoxy) is 2. The molecule has 0 saturated carbocycles. The molecule has 2 aromatic carbocycles. The molecular formula is C30H32BrN5O3. The molecule has 0 spiro atoms. The topological polar surface area (TPSA) is 120 Å². The van der Waals surface area contributed by atoms with Crippen LogP contribution in [-0.4, -0.2) is 12.4 Å². The van der Waals surface area contributed by atoms with Crippen LogP contribution in [0.3, 0.4) is 0 Å². The first-order valence-corrected chi connectivity index (χ1v) is 14.0. The number of benzene rings is 2. The number of carbonyl (C=O) groups excluding carboxylic acids is 1. The fourth-order valence-electron chi connectivity index (χ4n) is 5.46. The molecule has 1 heterocycles. The van der Waals surface area contributed by atoms with E-state index in [1.54, 1.807) is 0 Å². The Balaban J connectivity index is 1.70. The van der Waals surface area contributed by atoms with Gasteiger partial charge in [-0.25, -0.2) is 0 Å². The van der Waals surface area contributed by atoms with Crippen molar-refractivity contribution < 1.29 is 14.3 Å². The van der Waals surface area contributed by atoms with Crippen LogP contribution in [0.2, 0.25) is 0 Å². The zero-order valence-electron chi connectivity index (χ0n) is 22.5. The predicted molar refractivity (Wildman–Crippen MR) is 153 cm³/mol. The van der Waals surface area contributed by atoms with E-state index in [2.05, 4.69) is 44.3 Å². The monoisotopic (exact) mass is 589 g/mol. The van der Waals surface area contributed by atoms with Crippen LogP contribution in [0.4, 0.5) is 0 Å². The van der Waals surface area contributed by atoms with E-state index in [-0.39, 0.29) is 18.9 Å². The highest BCUT2D eigenvalue weighted by Crippen LogP contribution is 2.47. The number of rotatable bonds is 10. The van der Waals surface area contributed by atoms with Gasteiger partial charge in [-0.1, -0.05) is 42.7 Å². The highest BCUT2D eigenvalue weighted by atomic mass is 79.9. The molecule has 0 fully saturated rings. The number of ketones is 1. The molecular weight excluding hydrogens is 558 g/mol. The summed E-state index contributed by atoms with van der Waals surface area (Å²) in [7, 11) is 0. The molecule has 0 aromatic heterocycles. The van der Waals surface area contributed by atoms with Crippen molar-refractivity contribution in [1.82, 2.24) is 5.32 Å². The summed E-state index contributed by atoms with van der Waals surface area (Å²) in [6.07, 6.45) is 3.35. The number of nitrogens with one attached hydrogen (secondary N) is 1. The van der Waals surface area contributed by atoms with Gasteiger partial charge in [-0.3, -0.25) is 4.79 Å². The zero-order chi connectivity index (χ0) is 27.9. The van der Waals surface area contributed by atoms with E-state index >= 15 is 0 Å². The van der Waals surface area contributed by atoms with E-state index in [1.165, 1.54) is 0 Å². The Labute approximate surface area is 237 Å². The second-order valence-corrected chi connectivity index (χ2v) is 10.7. The van der Waals surface area contributed by atoms with Crippen molar-refractivity contribution in [3.63, 3.8) is 0 Å². The van der Waals surface area contributed by atoms with Crippen molar-refractivity contribution in [1.29, 1.82) is 5.26 Å². The molecule has 0 bridgehead atoms. The number of hydrogen-bond acceptors (Lipinski definition) is 6. The molecule has 0 amide bonds. The van der Waals surface area contributed by atoms with Gasteiger partial charge in [0, 0.05) is 28.3 Å². The van der Waals surface area contributed by atoms with Crippen molar-refractivity contribution in [3.8, 4) is 17.6 Å². The first-order chi connectivity index (χ1) is 18.9. The molecule has 8 nitrogen and oxygen atoms in total. The standard InChI is InChI=1S/C30H32BrN5O3/c1-4-7-19-11-25-29(26(37)12-19)28(23(15-32)18(3)35-25)22-13-24(31)30(27(14-22)38-5-2)39-17-21-9-6-8-20(10-21)16-34-36-33/h6,8-10,13-14,19,28,35H,4-5,7,11-12,16-17H2,1-3H3. The van der Waals surface area contributed by atoms with Crippen molar-refractivity contribution in [3.05, 3.63) is 90.5 Å². The SMILES string of the molecule is CCCC1CC(=O)C2=C(C1)NC(C)=C(C#N)C2c1cc(Br)c(OCc2cccc(CN=[N+]=[N-])c2)c(OCC)c1. The summed E-state index contributed by atoms with van der Waals surface area (Å²) in [5.41, 5.74) is 14.2. The number of azide groups is 1. The van der Waals surface area contributed by atoms with Gasteiger partial charge >= 0.3 is 0 Å². The van der Waals surface area contributed by atoms with Crippen molar-refractivity contribution in [2.24, 2.45) is 11.0 Å². The maximum atomic E-state index is 13.5. The third-order valence-electron chi connectivity index (χ3n) is 7.09. The second-order valence-electron chi connectivity index (χ2n) is 9.85. The molecule has 1 aliphatic heterocycles. The lowest BCUT2D eigenvalue weighted by Crippen LogP contribution is -2.34. The summed E-state index contributed by atoms with van der Waals surface area (Å²) < 4.78 is 12.9. The molecule has 0 saturated heterocycles. The molecule has 2 aromatic rings. The van der Waals surface area contributed by atoms with Gasteiger partial charge in [0.15, 0.2) is 17.3 Å². The predicted octanol–water partition coefficient (Wildman–Crippen LogP) is 7.75. The molecule has 9 heteroatoms. The summed E-state index contributed by atoms with van der Waals surface area (Å²) in [6.45, 7) is 6.91. The number of hydrogen-bond donors (Lipinski definition) is 1. The normalized spacial score (nSPS) is 18.6. The van der Waals surface area contributed by atoms with Crippen molar-refractivity contribution in [2.45, 2.75) is 65.5 Å². The van der Waals surface area contributed by atoms with Crippen LogP contribution in [0.1, 0.15) is 69.1 Å². The lowest BCUT2D eigenvalue weighted by atomic mass is 9.72. The first-order valence-electron chi connectivity index (χ1n) is 13.2. The summed E-state index contributed by atoms with van der Waals surface area (Å²) in [5.74, 6) is 1.03. The van der Waals surface area contributed by atoms with E-state index in [4.69, 9.17) is 15.0 Å². The maximum Gasteiger partial charge on any atom is 0.175 e. The third kappa shape index (κ3) is 6.30. The number of halogens is 1. The molecule has 202 valence electrons.